The molecule has 1 atom stereocenters. The molecule has 3 aromatic rings. The second-order valence-corrected chi connectivity index (χ2v) is 9.67. The minimum Gasteiger partial charge on any atom is -0.466 e. The molecule has 182 valence electrons. The maximum absolute atomic E-state index is 13.6. The number of allylic oxidation sites excluding steroid dienone is 1. The maximum Gasteiger partial charge on any atom is 0.338 e. The number of furan rings is 1. The van der Waals surface area contributed by atoms with Crippen LogP contribution in [0.25, 0.3) is 6.08 Å². The highest BCUT2D eigenvalue weighted by Crippen LogP contribution is 2.31. The lowest BCUT2D eigenvalue weighted by molar-refractivity contribution is -0.136. The monoisotopic (exact) mass is 492 g/mol. The molecule has 5 rings (SSSR count). The Bertz CT molecular complexity index is 1440. The quantitative estimate of drug-likeness (QED) is 0.508. The van der Waals surface area contributed by atoms with Gasteiger partial charge in [0.05, 0.1) is 29.0 Å². The van der Waals surface area contributed by atoms with Gasteiger partial charge in [0, 0.05) is 38.3 Å². The SMILES string of the molecule is CCC1=C(C(=O)OC)[C@H](c2ccccc2)n2c(s/c(=C\c3ccc(N4CCN(C)CC4)o3)c2=O)=N1. The number of piperazine rings is 1. The Balaban J connectivity index is 1.60. The first kappa shape index (κ1) is 23.3. The van der Waals surface area contributed by atoms with Crippen molar-refractivity contribution in [2.24, 2.45) is 4.99 Å². The minimum absolute atomic E-state index is 0.211. The molecular weight excluding hydrogens is 464 g/mol. The van der Waals surface area contributed by atoms with Crippen LogP contribution in [0.5, 0.6) is 0 Å². The van der Waals surface area contributed by atoms with Crippen molar-refractivity contribution >= 4 is 29.3 Å². The van der Waals surface area contributed by atoms with Gasteiger partial charge in [0.25, 0.3) is 5.56 Å². The van der Waals surface area contributed by atoms with Crippen LogP contribution in [0.2, 0.25) is 0 Å². The van der Waals surface area contributed by atoms with Crippen molar-refractivity contribution in [3.63, 3.8) is 0 Å². The third-order valence-corrected chi connectivity index (χ3v) is 7.45. The zero-order valence-corrected chi connectivity index (χ0v) is 20.9. The molecule has 0 amide bonds. The molecule has 2 aliphatic rings. The lowest BCUT2D eigenvalue weighted by Gasteiger charge is -2.32. The normalized spacial score (nSPS) is 19.0. The van der Waals surface area contributed by atoms with E-state index in [0.717, 1.165) is 37.6 Å². The number of thiazole rings is 1. The standard InChI is InChI=1S/C26H28N4O4S/c1-4-19-22(25(32)33-3)23(17-8-6-5-7-9-17)30-24(31)20(35-26(30)27-19)16-18-10-11-21(34-18)29-14-12-28(2)13-15-29/h5-11,16,23H,4,12-15H2,1-3H3/b20-16-/t23-/m0/s1. The van der Waals surface area contributed by atoms with E-state index in [1.165, 1.54) is 18.4 Å². The van der Waals surface area contributed by atoms with Gasteiger partial charge in [0.1, 0.15) is 5.76 Å². The van der Waals surface area contributed by atoms with Crippen LogP contribution in [0.3, 0.4) is 0 Å². The van der Waals surface area contributed by atoms with E-state index in [9.17, 15) is 9.59 Å². The zero-order valence-electron chi connectivity index (χ0n) is 20.1. The molecule has 35 heavy (non-hydrogen) atoms. The van der Waals surface area contributed by atoms with E-state index in [4.69, 9.17) is 14.1 Å². The lowest BCUT2D eigenvalue weighted by Crippen LogP contribution is -2.44. The molecule has 0 aliphatic carbocycles. The zero-order chi connectivity index (χ0) is 24.5. The van der Waals surface area contributed by atoms with Crippen molar-refractivity contribution in [1.82, 2.24) is 9.47 Å². The number of ether oxygens (including phenoxy) is 1. The predicted octanol–water partition coefficient (Wildman–Crippen LogP) is 2.14. The topological polar surface area (TPSA) is 80.3 Å². The van der Waals surface area contributed by atoms with E-state index >= 15 is 0 Å². The highest BCUT2D eigenvalue weighted by Gasteiger charge is 2.33. The van der Waals surface area contributed by atoms with Crippen LogP contribution in [0, 0.1) is 0 Å². The van der Waals surface area contributed by atoms with Crippen LogP contribution >= 0.6 is 11.3 Å². The number of fused-ring (bicyclic) bond motifs is 1. The van der Waals surface area contributed by atoms with Crippen molar-refractivity contribution < 1.29 is 13.9 Å². The van der Waals surface area contributed by atoms with Crippen LogP contribution < -0.4 is 19.8 Å². The molecule has 0 spiro atoms. The van der Waals surface area contributed by atoms with E-state index in [0.29, 0.717) is 32.8 Å². The van der Waals surface area contributed by atoms with Gasteiger partial charge >= 0.3 is 5.97 Å². The number of methoxy groups -OCH3 is 1. The summed E-state index contributed by atoms with van der Waals surface area (Å²) in [6, 6.07) is 12.8. The molecule has 0 saturated carbocycles. The second-order valence-electron chi connectivity index (χ2n) is 8.67. The minimum atomic E-state index is -0.602. The summed E-state index contributed by atoms with van der Waals surface area (Å²) < 4.78 is 13.3. The van der Waals surface area contributed by atoms with Crippen molar-refractivity contribution in [3.05, 3.63) is 84.7 Å². The Labute approximate surface area is 207 Å². The summed E-state index contributed by atoms with van der Waals surface area (Å²) in [6.07, 6.45) is 2.31. The number of nitrogens with zero attached hydrogens (tertiary/aromatic N) is 4. The number of hydrogen-bond acceptors (Lipinski definition) is 8. The summed E-state index contributed by atoms with van der Waals surface area (Å²) >= 11 is 1.30. The molecule has 2 aromatic heterocycles. The first-order valence-corrected chi connectivity index (χ1v) is 12.5. The lowest BCUT2D eigenvalue weighted by atomic mass is 9.95. The molecule has 9 heteroatoms. The van der Waals surface area contributed by atoms with Gasteiger partial charge in [-0.15, -0.1) is 0 Å². The van der Waals surface area contributed by atoms with Gasteiger partial charge in [-0.1, -0.05) is 48.6 Å². The molecule has 0 unspecified atom stereocenters. The Hall–Kier alpha value is -3.43. The molecule has 0 radical (unpaired) electrons. The summed E-state index contributed by atoms with van der Waals surface area (Å²) in [7, 11) is 3.47. The smallest absolute Gasteiger partial charge is 0.338 e. The average molecular weight is 493 g/mol. The Kier molecular flexibility index (Phi) is 6.44. The van der Waals surface area contributed by atoms with E-state index in [1.807, 2.05) is 49.4 Å². The highest BCUT2D eigenvalue weighted by molar-refractivity contribution is 7.07. The van der Waals surface area contributed by atoms with E-state index in [2.05, 4.69) is 16.8 Å². The van der Waals surface area contributed by atoms with E-state index in [1.54, 1.807) is 10.6 Å². The molecule has 2 aliphatic heterocycles. The van der Waals surface area contributed by atoms with Crippen molar-refractivity contribution in [3.8, 4) is 0 Å². The molecule has 4 heterocycles. The number of likely N-dealkylation sites (N-methyl/N-ethyl adjacent to an activating group) is 1. The van der Waals surface area contributed by atoms with Gasteiger partial charge in [-0.25, -0.2) is 9.79 Å². The third-order valence-electron chi connectivity index (χ3n) is 6.47. The van der Waals surface area contributed by atoms with Gasteiger partial charge in [-0.05, 0) is 25.1 Å². The Morgan fingerprint density at radius 1 is 1.17 bits per heavy atom. The summed E-state index contributed by atoms with van der Waals surface area (Å²) in [5.74, 6) is 0.945. The maximum atomic E-state index is 13.6. The van der Waals surface area contributed by atoms with Crippen molar-refractivity contribution in [2.45, 2.75) is 19.4 Å². The number of carbonyl (C=O) groups excluding carboxylic acids is 1. The molecule has 8 nitrogen and oxygen atoms in total. The largest absolute Gasteiger partial charge is 0.466 e. The van der Waals surface area contributed by atoms with Crippen molar-refractivity contribution in [2.75, 3.05) is 45.2 Å². The summed E-state index contributed by atoms with van der Waals surface area (Å²) in [5, 5.41) is 0. The fourth-order valence-corrected chi connectivity index (χ4v) is 5.56. The number of benzene rings is 1. The number of carbonyl (C=O) groups is 1. The van der Waals surface area contributed by atoms with Gasteiger partial charge in [-0.3, -0.25) is 9.36 Å². The molecule has 1 aromatic carbocycles. The average Bonchev–Trinajstić information content (AvgIpc) is 3.48. The van der Waals surface area contributed by atoms with Crippen molar-refractivity contribution in [1.29, 1.82) is 0 Å². The van der Waals surface area contributed by atoms with Crippen LogP contribution in [-0.2, 0) is 9.53 Å². The molecule has 0 bridgehead atoms. The molecule has 1 fully saturated rings. The Morgan fingerprint density at radius 2 is 1.91 bits per heavy atom. The first-order valence-electron chi connectivity index (χ1n) is 11.7. The number of esters is 1. The number of rotatable bonds is 5. The fourth-order valence-electron chi connectivity index (χ4n) is 4.56. The van der Waals surface area contributed by atoms with Crippen LogP contribution in [0.1, 0.15) is 30.7 Å². The summed E-state index contributed by atoms with van der Waals surface area (Å²) in [5.41, 5.74) is 1.65. The van der Waals surface area contributed by atoms with Gasteiger partial charge < -0.3 is 19.0 Å². The van der Waals surface area contributed by atoms with Crippen LogP contribution in [0.4, 0.5) is 5.88 Å². The number of hydrogen-bond donors (Lipinski definition) is 0. The van der Waals surface area contributed by atoms with E-state index < -0.39 is 12.0 Å². The summed E-state index contributed by atoms with van der Waals surface area (Å²) in [4.78, 5) is 36.2. The summed E-state index contributed by atoms with van der Waals surface area (Å²) in [6.45, 7) is 5.71. The number of anilines is 1. The second kappa shape index (κ2) is 9.67. The molecule has 1 saturated heterocycles. The third kappa shape index (κ3) is 4.37. The van der Waals surface area contributed by atoms with Crippen LogP contribution in [-0.4, -0.2) is 55.8 Å². The first-order chi connectivity index (χ1) is 17.0. The van der Waals surface area contributed by atoms with Gasteiger partial charge in [0.2, 0.25) is 0 Å². The number of aromatic nitrogens is 1. The highest BCUT2D eigenvalue weighted by atomic mass is 32.1. The molecule has 0 N–H and O–H groups in total. The van der Waals surface area contributed by atoms with E-state index in [-0.39, 0.29) is 5.56 Å². The fraction of sp³-hybridized carbons (Fsp3) is 0.346. The van der Waals surface area contributed by atoms with Gasteiger partial charge in [0.15, 0.2) is 10.7 Å². The Morgan fingerprint density at radius 3 is 2.60 bits per heavy atom. The van der Waals surface area contributed by atoms with Crippen LogP contribution in [0.15, 0.2) is 67.9 Å². The van der Waals surface area contributed by atoms with Gasteiger partial charge in [-0.2, -0.15) is 0 Å². The predicted molar refractivity (Wildman–Crippen MR) is 135 cm³/mol. The molecular formula is C26H28N4O4S.